The Kier molecular flexibility index (Phi) is 5.43. The predicted molar refractivity (Wildman–Crippen MR) is 115 cm³/mol. The monoisotopic (exact) mass is 414 g/mol. The molecule has 25 heavy (non-hydrogen) atoms. The number of hydrogen-bond acceptors (Lipinski definition) is 1. The Morgan fingerprint density at radius 2 is 1.04 bits per heavy atom. The summed E-state index contributed by atoms with van der Waals surface area (Å²) >= 11 is 4.39. The third-order valence-corrected chi connectivity index (χ3v) is 15.7. The van der Waals surface area contributed by atoms with Gasteiger partial charge in [-0.15, -0.1) is 0 Å². The average Bonchev–Trinajstić information content (AvgIpc) is 2.69. The molecule has 3 aromatic rings. The molecule has 0 heterocycles. The van der Waals surface area contributed by atoms with E-state index in [1.165, 1.54) is 15.9 Å². The van der Waals surface area contributed by atoms with Gasteiger partial charge in [0.1, 0.15) is 0 Å². The Hall–Kier alpha value is -1.47. The summed E-state index contributed by atoms with van der Waals surface area (Å²) in [5.74, 6) is 0.00296. The fourth-order valence-corrected chi connectivity index (χ4v) is 10.9. The summed E-state index contributed by atoms with van der Waals surface area (Å²) in [6, 6.07) is 32.2. The molecule has 0 aromatic heterocycles. The second-order valence-electron chi connectivity index (χ2n) is 6.14. The molecular formula is C22H24BrOP. The summed E-state index contributed by atoms with van der Waals surface area (Å²) in [4.78, 5) is 0. The van der Waals surface area contributed by atoms with Crippen LogP contribution >= 0.6 is 20.8 Å². The minimum atomic E-state index is -2.97. The van der Waals surface area contributed by atoms with Crippen molar-refractivity contribution in [2.75, 3.05) is 6.61 Å². The zero-order valence-corrected chi connectivity index (χ0v) is 17.2. The summed E-state index contributed by atoms with van der Waals surface area (Å²) in [5.41, 5.74) is 0. The van der Waals surface area contributed by atoms with Gasteiger partial charge in [-0.1, -0.05) is 0 Å². The molecule has 1 unspecified atom stereocenters. The SMILES string of the molecule is CCOC(C)P(Br)(c1ccccc1)(c1ccccc1)c1ccccc1. The third-order valence-electron chi connectivity index (χ3n) is 4.87. The summed E-state index contributed by atoms with van der Waals surface area (Å²) < 4.78 is 6.28. The molecule has 0 bridgehead atoms. The zero-order chi connectivity index (χ0) is 17.8. The topological polar surface area (TPSA) is 9.23 Å². The van der Waals surface area contributed by atoms with E-state index in [9.17, 15) is 0 Å². The van der Waals surface area contributed by atoms with Gasteiger partial charge in [-0.3, -0.25) is 0 Å². The summed E-state index contributed by atoms with van der Waals surface area (Å²) in [7, 11) is 0. The van der Waals surface area contributed by atoms with Crippen LogP contribution in [-0.4, -0.2) is 12.5 Å². The van der Waals surface area contributed by atoms with Gasteiger partial charge in [0.25, 0.3) is 0 Å². The van der Waals surface area contributed by atoms with Crippen LogP contribution in [0.2, 0.25) is 0 Å². The summed E-state index contributed by atoms with van der Waals surface area (Å²) in [6.45, 7) is 4.94. The standard InChI is InChI=1S/C22H24BrOP/c1-3-24-19(2)25(23,20-13-7-4-8-14-20,21-15-9-5-10-16-21)22-17-11-6-12-18-22/h4-19H,3H2,1-2H3. The number of benzene rings is 3. The van der Waals surface area contributed by atoms with Crippen LogP contribution in [-0.2, 0) is 4.74 Å². The average molecular weight is 415 g/mol. The second kappa shape index (κ2) is 7.41. The Bertz CT molecular complexity index is 706. The molecule has 0 amide bonds. The number of ether oxygens (including phenoxy) is 1. The van der Waals surface area contributed by atoms with Crippen LogP contribution in [0.5, 0.6) is 0 Å². The molecule has 3 aromatic carbocycles. The van der Waals surface area contributed by atoms with Crippen molar-refractivity contribution in [1.29, 1.82) is 0 Å². The van der Waals surface area contributed by atoms with Crippen molar-refractivity contribution < 1.29 is 4.74 Å². The van der Waals surface area contributed by atoms with Gasteiger partial charge >= 0.3 is 159 Å². The molecular weight excluding hydrogens is 391 g/mol. The van der Waals surface area contributed by atoms with Gasteiger partial charge < -0.3 is 0 Å². The first-order chi connectivity index (χ1) is 12.1. The number of rotatable bonds is 6. The van der Waals surface area contributed by atoms with Gasteiger partial charge in [0.05, 0.1) is 0 Å². The summed E-state index contributed by atoms with van der Waals surface area (Å²) in [6.07, 6.45) is 0. The van der Waals surface area contributed by atoms with Crippen LogP contribution < -0.4 is 15.9 Å². The van der Waals surface area contributed by atoms with Gasteiger partial charge in [0.15, 0.2) is 0 Å². The van der Waals surface area contributed by atoms with E-state index in [1.54, 1.807) is 0 Å². The molecule has 0 aliphatic heterocycles. The Morgan fingerprint density at radius 3 is 1.32 bits per heavy atom. The predicted octanol–water partition coefficient (Wildman–Crippen LogP) is 5.21. The van der Waals surface area contributed by atoms with Crippen molar-refractivity contribution in [2.45, 2.75) is 19.7 Å². The molecule has 3 heteroatoms. The molecule has 130 valence electrons. The van der Waals surface area contributed by atoms with E-state index in [4.69, 9.17) is 4.74 Å². The zero-order valence-electron chi connectivity index (χ0n) is 14.7. The van der Waals surface area contributed by atoms with Crippen molar-refractivity contribution in [3.05, 3.63) is 91.0 Å². The molecule has 0 saturated carbocycles. The first-order valence-electron chi connectivity index (χ1n) is 8.64. The van der Waals surface area contributed by atoms with Gasteiger partial charge in [0.2, 0.25) is 0 Å². The first-order valence-corrected chi connectivity index (χ1v) is 13.0. The Labute approximate surface area is 158 Å². The molecule has 0 radical (unpaired) electrons. The van der Waals surface area contributed by atoms with Crippen molar-refractivity contribution in [3.8, 4) is 0 Å². The van der Waals surface area contributed by atoms with E-state index in [2.05, 4.69) is 120 Å². The molecule has 0 aliphatic rings. The van der Waals surface area contributed by atoms with Gasteiger partial charge in [-0.2, -0.15) is 0 Å². The third kappa shape index (κ3) is 2.87. The molecule has 0 spiro atoms. The Morgan fingerprint density at radius 1 is 0.720 bits per heavy atom. The number of hydrogen-bond donors (Lipinski definition) is 0. The van der Waals surface area contributed by atoms with Crippen LogP contribution in [0.3, 0.4) is 0 Å². The summed E-state index contributed by atoms with van der Waals surface area (Å²) in [5, 5.41) is 0.881. The molecule has 3 rings (SSSR count). The normalized spacial score (nSPS) is 14.4. The molecule has 0 fully saturated rings. The van der Waals surface area contributed by atoms with E-state index >= 15 is 0 Å². The quantitative estimate of drug-likeness (QED) is 0.503. The fraction of sp³-hybridized carbons (Fsp3) is 0.182. The van der Waals surface area contributed by atoms with E-state index in [1.807, 2.05) is 0 Å². The van der Waals surface area contributed by atoms with Crippen LogP contribution in [0.15, 0.2) is 91.0 Å². The van der Waals surface area contributed by atoms with E-state index in [0.717, 1.165) is 0 Å². The molecule has 1 atom stereocenters. The van der Waals surface area contributed by atoms with Gasteiger partial charge in [-0.05, 0) is 0 Å². The Balaban J connectivity index is 2.45. The fourth-order valence-electron chi connectivity index (χ4n) is 3.62. The molecule has 0 N–H and O–H groups in total. The molecule has 1 nitrogen and oxygen atoms in total. The van der Waals surface area contributed by atoms with Crippen molar-refractivity contribution in [2.24, 2.45) is 0 Å². The second-order valence-corrected chi connectivity index (χ2v) is 15.0. The van der Waals surface area contributed by atoms with Crippen LogP contribution in [0, 0.1) is 0 Å². The van der Waals surface area contributed by atoms with Crippen molar-refractivity contribution in [3.63, 3.8) is 0 Å². The van der Waals surface area contributed by atoms with Gasteiger partial charge in [-0.25, -0.2) is 0 Å². The molecule has 0 aliphatic carbocycles. The van der Waals surface area contributed by atoms with Crippen molar-refractivity contribution >= 4 is 36.7 Å². The maximum atomic E-state index is 6.28. The number of halogens is 1. The first kappa shape index (κ1) is 18.3. The van der Waals surface area contributed by atoms with E-state index < -0.39 is 5.31 Å². The van der Waals surface area contributed by atoms with E-state index in [-0.39, 0.29) is 5.85 Å². The van der Waals surface area contributed by atoms with Crippen molar-refractivity contribution in [1.82, 2.24) is 0 Å². The van der Waals surface area contributed by atoms with E-state index in [0.29, 0.717) is 6.61 Å². The van der Waals surface area contributed by atoms with Crippen LogP contribution in [0.4, 0.5) is 0 Å². The maximum absolute atomic E-state index is 6.28. The van der Waals surface area contributed by atoms with Gasteiger partial charge in [0, 0.05) is 0 Å². The minimum absolute atomic E-state index is 0.00296. The van der Waals surface area contributed by atoms with Crippen LogP contribution in [0.25, 0.3) is 0 Å². The van der Waals surface area contributed by atoms with Crippen LogP contribution in [0.1, 0.15) is 13.8 Å². The molecule has 0 saturated heterocycles.